The van der Waals surface area contributed by atoms with Crippen LogP contribution >= 0.6 is 23.2 Å². The predicted octanol–water partition coefficient (Wildman–Crippen LogP) is 3.46. The van der Waals surface area contributed by atoms with E-state index in [4.69, 9.17) is 23.2 Å². The maximum atomic E-state index is 12.4. The summed E-state index contributed by atoms with van der Waals surface area (Å²) in [4.78, 5) is 37.3. The fraction of sp³-hybridized carbons (Fsp3) is 0.267. The minimum atomic E-state index is -0.723. The van der Waals surface area contributed by atoms with Gasteiger partial charge >= 0.3 is 0 Å². The lowest BCUT2D eigenvalue weighted by Crippen LogP contribution is -2.31. The summed E-state index contributed by atoms with van der Waals surface area (Å²) in [5.74, 6) is -0.602. The average Bonchev–Trinajstić information content (AvgIpc) is 2.72. The van der Waals surface area contributed by atoms with Gasteiger partial charge in [0.1, 0.15) is 0 Å². The third-order valence-electron chi connectivity index (χ3n) is 3.81. The number of amides is 2. The molecule has 0 atom stereocenters. The molecule has 0 spiro atoms. The lowest BCUT2D eigenvalue weighted by atomic mass is 9.93. The van der Waals surface area contributed by atoms with E-state index in [1.54, 1.807) is 6.07 Å². The second kappa shape index (κ2) is 5.28. The molecule has 0 fully saturated rings. The van der Waals surface area contributed by atoms with Crippen LogP contribution in [0.3, 0.4) is 0 Å². The Morgan fingerprint density at radius 3 is 2.14 bits per heavy atom. The highest BCUT2D eigenvalue weighted by Crippen LogP contribution is 2.36. The zero-order valence-corrected chi connectivity index (χ0v) is 12.5. The third-order valence-corrected chi connectivity index (χ3v) is 4.34. The fourth-order valence-electron chi connectivity index (χ4n) is 2.78. The molecule has 0 unspecified atom stereocenters. The number of hydrogen-bond donors (Lipinski definition) is 0. The van der Waals surface area contributed by atoms with Crippen LogP contribution < -0.4 is 4.90 Å². The zero-order valence-electron chi connectivity index (χ0n) is 11.0. The molecule has 1 aromatic carbocycles. The molecule has 2 amide bonds. The Kier molecular flexibility index (Phi) is 3.59. The number of halogens is 2. The van der Waals surface area contributed by atoms with E-state index in [0.717, 1.165) is 17.7 Å². The largest absolute Gasteiger partial charge is 0.276 e. The molecule has 0 aromatic heterocycles. The summed E-state index contributed by atoms with van der Waals surface area (Å²) in [6, 6.07) is 4.39. The van der Waals surface area contributed by atoms with Gasteiger partial charge < -0.3 is 0 Å². The van der Waals surface area contributed by atoms with Crippen LogP contribution in [-0.4, -0.2) is 17.1 Å². The Labute approximate surface area is 131 Å². The minimum Gasteiger partial charge on any atom is -0.276 e. The van der Waals surface area contributed by atoms with Crippen LogP contribution in [0.2, 0.25) is 5.02 Å². The van der Waals surface area contributed by atoms with Crippen molar-refractivity contribution < 1.29 is 14.4 Å². The van der Waals surface area contributed by atoms with Crippen LogP contribution in [-0.2, 0) is 9.59 Å². The quantitative estimate of drug-likeness (QED) is 0.618. The monoisotopic (exact) mass is 323 g/mol. The molecule has 108 valence electrons. The lowest BCUT2D eigenvalue weighted by Gasteiger charge is -2.16. The molecule has 1 aromatic rings. The van der Waals surface area contributed by atoms with Gasteiger partial charge in [0, 0.05) is 11.1 Å². The molecule has 21 heavy (non-hydrogen) atoms. The summed E-state index contributed by atoms with van der Waals surface area (Å²) in [5, 5.41) is -0.533. The Hall–Kier alpha value is -1.65. The van der Waals surface area contributed by atoms with E-state index in [-0.39, 0.29) is 22.4 Å². The van der Waals surface area contributed by atoms with Crippen LogP contribution in [0.4, 0.5) is 5.69 Å². The van der Waals surface area contributed by atoms with E-state index in [9.17, 15) is 14.4 Å². The normalized spacial score (nSPS) is 18.3. The molecule has 2 aliphatic rings. The first-order chi connectivity index (χ1) is 10.0. The van der Waals surface area contributed by atoms with Gasteiger partial charge in [-0.1, -0.05) is 11.6 Å². The number of carbonyl (C=O) groups excluding carboxylic acids is 3. The summed E-state index contributed by atoms with van der Waals surface area (Å²) in [6.07, 6.45) is 3.09. The number of carbonyl (C=O) groups is 3. The van der Waals surface area contributed by atoms with Crippen LogP contribution in [0.1, 0.15) is 36.0 Å². The van der Waals surface area contributed by atoms with Gasteiger partial charge in [0.2, 0.25) is 0 Å². The number of benzene rings is 1. The standard InChI is InChI=1S/C15H11Cl2NO3/c16-12-6-5-8(7-11(12)13(17)19)18-14(20)9-3-1-2-4-10(9)15(18)21/h5-7H,1-4H2. The van der Waals surface area contributed by atoms with Crippen molar-refractivity contribution in [1.29, 1.82) is 0 Å². The highest BCUT2D eigenvalue weighted by molar-refractivity contribution is 6.68. The van der Waals surface area contributed by atoms with Crippen LogP contribution in [0.15, 0.2) is 29.3 Å². The second-order valence-corrected chi connectivity index (χ2v) is 5.80. The molecule has 0 saturated heterocycles. The molecule has 6 heteroatoms. The van der Waals surface area contributed by atoms with Crippen molar-refractivity contribution in [3.05, 3.63) is 39.9 Å². The molecule has 0 radical (unpaired) electrons. The Morgan fingerprint density at radius 2 is 1.62 bits per heavy atom. The molecule has 1 heterocycles. The maximum absolute atomic E-state index is 12.4. The van der Waals surface area contributed by atoms with E-state index in [1.165, 1.54) is 12.1 Å². The lowest BCUT2D eigenvalue weighted by molar-refractivity contribution is -0.120. The Bertz CT molecular complexity index is 681. The van der Waals surface area contributed by atoms with E-state index >= 15 is 0 Å². The molecule has 0 saturated carbocycles. The number of nitrogens with zero attached hydrogens (tertiary/aromatic N) is 1. The van der Waals surface area contributed by atoms with Gasteiger partial charge in [0.05, 0.1) is 16.3 Å². The SMILES string of the molecule is O=C(Cl)c1cc(N2C(=O)C3=C(CCCC3)C2=O)ccc1Cl. The predicted molar refractivity (Wildman–Crippen MR) is 79.6 cm³/mol. The van der Waals surface area contributed by atoms with Gasteiger partial charge in [-0.2, -0.15) is 0 Å². The molecule has 4 nitrogen and oxygen atoms in total. The fourth-order valence-corrected chi connectivity index (χ4v) is 3.19. The second-order valence-electron chi connectivity index (χ2n) is 5.05. The van der Waals surface area contributed by atoms with E-state index in [2.05, 4.69) is 0 Å². The van der Waals surface area contributed by atoms with Gasteiger partial charge in [-0.25, -0.2) is 4.90 Å². The molecule has 1 aliphatic carbocycles. The number of hydrogen-bond acceptors (Lipinski definition) is 3. The van der Waals surface area contributed by atoms with Crippen molar-refractivity contribution in [2.45, 2.75) is 25.7 Å². The highest BCUT2D eigenvalue weighted by atomic mass is 35.5. The number of rotatable bonds is 2. The van der Waals surface area contributed by atoms with E-state index < -0.39 is 5.24 Å². The maximum Gasteiger partial charge on any atom is 0.261 e. The van der Waals surface area contributed by atoms with Gasteiger partial charge in [-0.15, -0.1) is 0 Å². The van der Waals surface area contributed by atoms with Gasteiger partial charge in [0.15, 0.2) is 0 Å². The van der Waals surface area contributed by atoms with Crippen LogP contribution in [0, 0.1) is 0 Å². The summed E-state index contributed by atoms with van der Waals surface area (Å²) >= 11 is 11.3. The first-order valence-electron chi connectivity index (χ1n) is 6.61. The van der Waals surface area contributed by atoms with Crippen molar-refractivity contribution in [3.8, 4) is 0 Å². The first kappa shape index (κ1) is 14.3. The molecule has 0 N–H and O–H groups in total. The Morgan fingerprint density at radius 1 is 1.05 bits per heavy atom. The third kappa shape index (κ3) is 2.28. The van der Waals surface area contributed by atoms with Crippen molar-refractivity contribution in [3.63, 3.8) is 0 Å². The number of imide groups is 1. The van der Waals surface area contributed by atoms with Crippen molar-refractivity contribution >= 4 is 45.9 Å². The van der Waals surface area contributed by atoms with Crippen LogP contribution in [0.5, 0.6) is 0 Å². The van der Waals surface area contributed by atoms with Crippen molar-refractivity contribution in [2.75, 3.05) is 4.90 Å². The first-order valence-corrected chi connectivity index (χ1v) is 7.36. The zero-order chi connectivity index (χ0) is 15.1. The van der Waals surface area contributed by atoms with Crippen LogP contribution in [0.25, 0.3) is 0 Å². The van der Waals surface area contributed by atoms with Gasteiger partial charge in [-0.3, -0.25) is 14.4 Å². The number of anilines is 1. The van der Waals surface area contributed by atoms with Crippen molar-refractivity contribution in [1.82, 2.24) is 0 Å². The summed E-state index contributed by atoms with van der Waals surface area (Å²) in [7, 11) is 0. The minimum absolute atomic E-state index is 0.0845. The summed E-state index contributed by atoms with van der Waals surface area (Å²) in [6.45, 7) is 0. The van der Waals surface area contributed by atoms with E-state index in [0.29, 0.717) is 29.7 Å². The average molecular weight is 324 g/mol. The summed E-state index contributed by atoms with van der Waals surface area (Å²) < 4.78 is 0. The topological polar surface area (TPSA) is 54.5 Å². The van der Waals surface area contributed by atoms with Crippen molar-refractivity contribution in [2.24, 2.45) is 0 Å². The van der Waals surface area contributed by atoms with E-state index in [1.807, 2.05) is 0 Å². The molecule has 1 aliphatic heterocycles. The van der Waals surface area contributed by atoms with Gasteiger partial charge in [-0.05, 0) is 55.5 Å². The van der Waals surface area contributed by atoms with Gasteiger partial charge in [0.25, 0.3) is 17.1 Å². The summed E-state index contributed by atoms with van der Waals surface area (Å²) in [5.41, 5.74) is 1.61. The Balaban J connectivity index is 2.03. The molecular formula is C15H11Cl2NO3. The molecule has 0 bridgehead atoms. The molecular weight excluding hydrogens is 313 g/mol. The smallest absolute Gasteiger partial charge is 0.261 e. The highest BCUT2D eigenvalue weighted by Gasteiger charge is 2.39. The molecule has 3 rings (SSSR count).